The Morgan fingerprint density at radius 2 is 2.15 bits per heavy atom. The van der Waals surface area contributed by atoms with Gasteiger partial charge in [-0.2, -0.15) is 0 Å². The molecule has 2 heterocycles. The Labute approximate surface area is 125 Å². The van der Waals surface area contributed by atoms with Gasteiger partial charge in [-0.1, -0.05) is 15.9 Å². The van der Waals surface area contributed by atoms with Crippen LogP contribution in [0.15, 0.2) is 47.3 Å². The molecular weight excluding hydrogens is 318 g/mol. The summed E-state index contributed by atoms with van der Waals surface area (Å²) in [6.45, 7) is 0.442. The molecule has 3 rings (SSSR count). The van der Waals surface area contributed by atoms with Crippen molar-refractivity contribution in [2.45, 2.75) is 6.54 Å². The lowest BCUT2D eigenvalue weighted by molar-refractivity contribution is 0.416. The third kappa shape index (κ3) is 2.30. The maximum absolute atomic E-state index is 5.63. The van der Waals surface area contributed by atoms with Gasteiger partial charge in [0.25, 0.3) is 0 Å². The largest absolute Gasteiger partial charge is 0.496 e. The highest BCUT2D eigenvalue weighted by Crippen LogP contribution is 2.33. The van der Waals surface area contributed by atoms with Crippen LogP contribution in [0.1, 0.15) is 5.69 Å². The van der Waals surface area contributed by atoms with E-state index in [4.69, 9.17) is 10.5 Å². The van der Waals surface area contributed by atoms with Gasteiger partial charge in [0.2, 0.25) is 0 Å². The average Bonchev–Trinajstić information content (AvgIpc) is 2.89. The van der Waals surface area contributed by atoms with Crippen LogP contribution in [0.25, 0.3) is 16.6 Å². The Kier molecular flexibility index (Phi) is 3.46. The van der Waals surface area contributed by atoms with E-state index in [1.54, 1.807) is 13.4 Å². The summed E-state index contributed by atoms with van der Waals surface area (Å²) in [6.07, 6.45) is 3.82. The molecule has 0 aliphatic carbocycles. The van der Waals surface area contributed by atoms with Crippen LogP contribution in [0, 0.1) is 0 Å². The number of fused-ring (bicyclic) bond motifs is 1. The fraction of sp³-hybridized carbons (Fsp3) is 0.133. The van der Waals surface area contributed by atoms with Gasteiger partial charge in [-0.25, -0.2) is 4.98 Å². The molecule has 0 spiro atoms. The Morgan fingerprint density at radius 1 is 1.30 bits per heavy atom. The molecule has 0 radical (unpaired) electrons. The number of hydrogen-bond acceptors (Lipinski definition) is 3. The molecule has 5 heteroatoms. The van der Waals surface area contributed by atoms with Gasteiger partial charge in [0.05, 0.1) is 19.1 Å². The molecule has 2 N–H and O–H groups in total. The Bertz CT molecular complexity index is 767. The minimum absolute atomic E-state index is 0.442. The normalized spacial score (nSPS) is 10.9. The minimum atomic E-state index is 0.442. The van der Waals surface area contributed by atoms with Crippen LogP contribution in [0.3, 0.4) is 0 Å². The van der Waals surface area contributed by atoms with Crippen molar-refractivity contribution >= 4 is 21.4 Å². The number of nitrogens with two attached hydrogens (primary N) is 1. The second-order valence-corrected chi connectivity index (χ2v) is 5.41. The van der Waals surface area contributed by atoms with E-state index in [-0.39, 0.29) is 0 Å². The van der Waals surface area contributed by atoms with Gasteiger partial charge in [-0.3, -0.25) is 0 Å². The first-order chi connectivity index (χ1) is 9.71. The van der Waals surface area contributed by atoms with E-state index in [1.807, 2.05) is 34.9 Å². The molecule has 0 fully saturated rings. The predicted octanol–water partition coefficient (Wildman–Crippen LogP) is 3.23. The Balaban J connectivity index is 2.17. The lowest BCUT2D eigenvalue weighted by Gasteiger charge is -2.06. The Hall–Kier alpha value is -1.85. The van der Waals surface area contributed by atoms with Crippen molar-refractivity contribution in [3.63, 3.8) is 0 Å². The summed E-state index contributed by atoms with van der Waals surface area (Å²) in [5.41, 5.74) is 9.70. The van der Waals surface area contributed by atoms with Gasteiger partial charge in [0.1, 0.15) is 5.75 Å². The van der Waals surface area contributed by atoms with Gasteiger partial charge in [0.15, 0.2) is 0 Å². The molecule has 0 unspecified atom stereocenters. The molecule has 20 heavy (non-hydrogen) atoms. The molecule has 0 saturated carbocycles. The monoisotopic (exact) mass is 331 g/mol. The van der Waals surface area contributed by atoms with E-state index < -0.39 is 0 Å². The number of hydrogen-bond donors (Lipinski definition) is 1. The standard InChI is InChI=1S/C15H14BrN3O/c1-20-15-3-2-11(16)5-14(15)10-4-13-6-12(7-17)18-9-19(13)8-10/h2-6,8-9H,7,17H2,1H3. The number of methoxy groups -OCH3 is 1. The molecule has 2 aromatic heterocycles. The minimum Gasteiger partial charge on any atom is -0.496 e. The number of halogens is 1. The molecule has 102 valence electrons. The summed E-state index contributed by atoms with van der Waals surface area (Å²) in [6, 6.07) is 10.1. The topological polar surface area (TPSA) is 52.5 Å². The van der Waals surface area contributed by atoms with Crippen molar-refractivity contribution in [2.24, 2.45) is 5.73 Å². The second-order valence-electron chi connectivity index (χ2n) is 4.49. The SMILES string of the molecule is COc1ccc(Br)cc1-c1cc2cc(CN)ncn2c1. The highest BCUT2D eigenvalue weighted by molar-refractivity contribution is 9.10. The molecule has 1 aromatic carbocycles. The van der Waals surface area contributed by atoms with E-state index >= 15 is 0 Å². The molecule has 0 atom stereocenters. The summed E-state index contributed by atoms with van der Waals surface area (Å²) in [4.78, 5) is 4.29. The molecule has 4 nitrogen and oxygen atoms in total. The summed E-state index contributed by atoms with van der Waals surface area (Å²) in [5, 5.41) is 0. The van der Waals surface area contributed by atoms with E-state index in [1.165, 1.54) is 0 Å². The van der Waals surface area contributed by atoms with Gasteiger partial charge >= 0.3 is 0 Å². The van der Waals surface area contributed by atoms with Crippen molar-refractivity contribution in [1.82, 2.24) is 9.38 Å². The average molecular weight is 332 g/mol. The fourth-order valence-electron chi connectivity index (χ4n) is 2.22. The van der Waals surface area contributed by atoms with Crippen LogP contribution in [0.2, 0.25) is 0 Å². The molecule has 0 saturated heterocycles. The van der Waals surface area contributed by atoms with Gasteiger partial charge in [-0.15, -0.1) is 0 Å². The van der Waals surface area contributed by atoms with Gasteiger partial charge in [-0.05, 0) is 30.3 Å². The van der Waals surface area contributed by atoms with Gasteiger partial charge in [0, 0.05) is 33.9 Å². The smallest absolute Gasteiger partial charge is 0.126 e. The summed E-state index contributed by atoms with van der Waals surface area (Å²) in [5.74, 6) is 0.844. The van der Waals surface area contributed by atoms with Crippen LogP contribution in [0.5, 0.6) is 5.75 Å². The first-order valence-corrected chi connectivity index (χ1v) is 7.01. The maximum atomic E-state index is 5.63. The van der Waals surface area contributed by atoms with E-state index in [0.717, 1.165) is 32.6 Å². The van der Waals surface area contributed by atoms with Crippen LogP contribution in [-0.2, 0) is 6.54 Å². The summed E-state index contributed by atoms with van der Waals surface area (Å²) >= 11 is 3.50. The summed E-state index contributed by atoms with van der Waals surface area (Å²) in [7, 11) is 1.68. The van der Waals surface area contributed by atoms with Crippen LogP contribution in [0.4, 0.5) is 0 Å². The number of nitrogens with zero attached hydrogens (tertiary/aromatic N) is 2. The highest BCUT2D eigenvalue weighted by Gasteiger charge is 2.09. The second kappa shape index (κ2) is 5.26. The van der Waals surface area contributed by atoms with Crippen molar-refractivity contribution in [1.29, 1.82) is 0 Å². The van der Waals surface area contributed by atoms with Crippen molar-refractivity contribution < 1.29 is 4.74 Å². The Morgan fingerprint density at radius 3 is 2.90 bits per heavy atom. The lowest BCUT2D eigenvalue weighted by Crippen LogP contribution is -2.00. The number of ether oxygens (including phenoxy) is 1. The van der Waals surface area contributed by atoms with E-state index in [9.17, 15) is 0 Å². The fourth-order valence-corrected chi connectivity index (χ4v) is 2.58. The first-order valence-electron chi connectivity index (χ1n) is 6.22. The number of benzene rings is 1. The molecule has 3 aromatic rings. The van der Waals surface area contributed by atoms with E-state index in [2.05, 4.69) is 27.0 Å². The first kappa shape index (κ1) is 13.1. The lowest BCUT2D eigenvalue weighted by atomic mass is 10.1. The van der Waals surface area contributed by atoms with Crippen LogP contribution >= 0.6 is 15.9 Å². The third-order valence-electron chi connectivity index (χ3n) is 3.22. The zero-order valence-electron chi connectivity index (χ0n) is 11.0. The quantitative estimate of drug-likeness (QED) is 0.801. The maximum Gasteiger partial charge on any atom is 0.126 e. The van der Waals surface area contributed by atoms with Crippen molar-refractivity contribution in [3.8, 4) is 16.9 Å². The molecule has 0 aliphatic rings. The number of aromatic nitrogens is 2. The van der Waals surface area contributed by atoms with Crippen LogP contribution in [-0.4, -0.2) is 16.5 Å². The highest BCUT2D eigenvalue weighted by atomic mass is 79.9. The zero-order valence-corrected chi connectivity index (χ0v) is 12.6. The van der Waals surface area contributed by atoms with Crippen LogP contribution < -0.4 is 10.5 Å². The molecule has 0 bridgehead atoms. The van der Waals surface area contributed by atoms with Crippen molar-refractivity contribution in [3.05, 3.63) is 53.0 Å². The van der Waals surface area contributed by atoms with Gasteiger partial charge < -0.3 is 14.9 Å². The van der Waals surface area contributed by atoms with Crippen molar-refractivity contribution in [2.75, 3.05) is 7.11 Å². The molecule has 0 aliphatic heterocycles. The zero-order chi connectivity index (χ0) is 14.1. The number of rotatable bonds is 3. The third-order valence-corrected chi connectivity index (χ3v) is 3.72. The summed E-state index contributed by atoms with van der Waals surface area (Å²) < 4.78 is 8.43. The predicted molar refractivity (Wildman–Crippen MR) is 82.8 cm³/mol. The molecule has 0 amide bonds. The molecular formula is C15H14BrN3O. The van der Waals surface area contributed by atoms with E-state index in [0.29, 0.717) is 6.54 Å².